The first-order valence-corrected chi connectivity index (χ1v) is 6.48. The molecule has 1 aliphatic carbocycles. The first kappa shape index (κ1) is 13.9. The minimum absolute atomic E-state index is 0.000636. The Labute approximate surface area is 111 Å². The molecule has 0 amide bonds. The van der Waals surface area contributed by atoms with E-state index in [4.69, 9.17) is 9.47 Å². The molecule has 0 radical (unpaired) electrons. The molecule has 4 nitrogen and oxygen atoms in total. The zero-order chi connectivity index (χ0) is 13.7. The highest BCUT2D eigenvalue weighted by atomic mass is 19.1. The Kier molecular flexibility index (Phi) is 4.85. The van der Waals surface area contributed by atoms with Gasteiger partial charge in [-0.15, -0.1) is 0 Å². The average Bonchev–Trinajstić information content (AvgIpc) is 2.45. The average molecular weight is 267 g/mol. The second kappa shape index (κ2) is 6.61. The van der Waals surface area contributed by atoms with E-state index < -0.39 is 0 Å². The zero-order valence-electron chi connectivity index (χ0n) is 11.0. The number of esters is 1. The number of ether oxygens (including phenoxy) is 2. The second-order valence-electron chi connectivity index (χ2n) is 4.82. The van der Waals surface area contributed by atoms with Crippen molar-refractivity contribution in [1.82, 2.24) is 4.98 Å². The van der Waals surface area contributed by atoms with E-state index in [1.807, 2.05) is 0 Å². The summed E-state index contributed by atoms with van der Waals surface area (Å²) in [6.07, 6.45) is 6.15. The van der Waals surface area contributed by atoms with Crippen LogP contribution in [-0.4, -0.2) is 24.2 Å². The molecule has 2 rings (SSSR count). The van der Waals surface area contributed by atoms with Crippen molar-refractivity contribution in [3.05, 3.63) is 29.8 Å². The molecule has 19 heavy (non-hydrogen) atoms. The van der Waals surface area contributed by atoms with Crippen LogP contribution < -0.4 is 0 Å². The highest BCUT2D eigenvalue weighted by molar-refractivity contribution is 5.72. The third kappa shape index (κ3) is 3.99. The van der Waals surface area contributed by atoms with Gasteiger partial charge in [0.15, 0.2) is 0 Å². The van der Waals surface area contributed by atoms with Crippen LogP contribution in [0.15, 0.2) is 18.5 Å². The summed E-state index contributed by atoms with van der Waals surface area (Å²) in [5, 5.41) is 0. The van der Waals surface area contributed by atoms with Crippen molar-refractivity contribution in [2.75, 3.05) is 7.11 Å². The summed E-state index contributed by atoms with van der Waals surface area (Å²) in [6.45, 7) is 0.359. The number of hydrogen-bond acceptors (Lipinski definition) is 4. The van der Waals surface area contributed by atoms with Gasteiger partial charge in [0.25, 0.3) is 0 Å². The molecule has 5 heteroatoms. The van der Waals surface area contributed by atoms with E-state index in [1.54, 1.807) is 6.20 Å². The van der Waals surface area contributed by atoms with E-state index in [-0.39, 0.29) is 23.8 Å². The van der Waals surface area contributed by atoms with E-state index in [0.717, 1.165) is 31.2 Å². The molecular weight excluding hydrogens is 249 g/mol. The van der Waals surface area contributed by atoms with E-state index in [9.17, 15) is 9.18 Å². The van der Waals surface area contributed by atoms with Crippen LogP contribution in [0.2, 0.25) is 0 Å². The standard InChI is InChI=1S/C14H18FNO3/c1-18-14(17)11-2-4-13(5-3-11)19-9-10-6-12(15)8-16-7-10/h6-8,11,13H,2-5,9H2,1H3. The van der Waals surface area contributed by atoms with Crippen molar-refractivity contribution in [1.29, 1.82) is 0 Å². The van der Waals surface area contributed by atoms with Crippen LogP contribution in [0.5, 0.6) is 0 Å². The summed E-state index contributed by atoms with van der Waals surface area (Å²) in [4.78, 5) is 15.2. The molecule has 1 aliphatic rings. The number of nitrogens with zero attached hydrogens (tertiary/aromatic N) is 1. The lowest BCUT2D eigenvalue weighted by Gasteiger charge is -2.26. The lowest BCUT2D eigenvalue weighted by molar-refractivity contribution is -0.147. The molecule has 1 aromatic rings. The largest absolute Gasteiger partial charge is 0.469 e. The lowest BCUT2D eigenvalue weighted by atomic mass is 9.87. The van der Waals surface area contributed by atoms with Gasteiger partial charge in [0, 0.05) is 6.20 Å². The molecule has 1 aromatic heterocycles. The van der Waals surface area contributed by atoms with E-state index in [1.165, 1.54) is 19.4 Å². The third-order valence-electron chi connectivity index (χ3n) is 3.46. The van der Waals surface area contributed by atoms with Gasteiger partial charge in [-0.25, -0.2) is 4.39 Å². The van der Waals surface area contributed by atoms with Gasteiger partial charge in [-0.1, -0.05) is 0 Å². The first-order valence-electron chi connectivity index (χ1n) is 6.48. The number of halogens is 1. The first-order chi connectivity index (χ1) is 9.19. The highest BCUT2D eigenvalue weighted by Crippen LogP contribution is 2.27. The van der Waals surface area contributed by atoms with Gasteiger partial charge in [-0.3, -0.25) is 9.78 Å². The Balaban J connectivity index is 1.75. The van der Waals surface area contributed by atoms with Crippen LogP contribution in [0.25, 0.3) is 0 Å². The maximum Gasteiger partial charge on any atom is 0.308 e. The van der Waals surface area contributed by atoms with Crippen molar-refractivity contribution in [3.63, 3.8) is 0 Å². The Morgan fingerprint density at radius 1 is 1.37 bits per heavy atom. The molecule has 0 unspecified atom stereocenters. The summed E-state index contributed by atoms with van der Waals surface area (Å²) < 4.78 is 23.4. The Morgan fingerprint density at radius 2 is 2.11 bits per heavy atom. The summed E-state index contributed by atoms with van der Waals surface area (Å²) >= 11 is 0. The Bertz CT molecular complexity index is 430. The molecular formula is C14H18FNO3. The number of aromatic nitrogens is 1. The molecule has 0 spiro atoms. The number of pyridine rings is 1. The number of carbonyl (C=O) groups excluding carboxylic acids is 1. The maximum atomic E-state index is 12.9. The molecule has 0 saturated heterocycles. The number of carbonyl (C=O) groups is 1. The molecule has 0 aliphatic heterocycles. The van der Waals surface area contributed by atoms with Crippen molar-refractivity contribution >= 4 is 5.97 Å². The van der Waals surface area contributed by atoms with E-state index in [0.29, 0.717) is 6.61 Å². The van der Waals surface area contributed by atoms with Gasteiger partial charge in [-0.05, 0) is 37.3 Å². The van der Waals surface area contributed by atoms with Gasteiger partial charge in [-0.2, -0.15) is 0 Å². The minimum Gasteiger partial charge on any atom is -0.469 e. The van der Waals surface area contributed by atoms with Crippen LogP contribution in [0.4, 0.5) is 4.39 Å². The predicted octanol–water partition coefficient (Wildman–Crippen LogP) is 2.47. The Morgan fingerprint density at radius 3 is 2.74 bits per heavy atom. The second-order valence-corrected chi connectivity index (χ2v) is 4.82. The Hall–Kier alpha value is -1.49. The van der Waals surface area contributed by atoms with Crippen LogP contribution in [0.1, 0.15) is 31.2 Å². The fourth-order valence-electron chi connectivity index (χ4n) is 2.38. The topological polar surface area (TPSA) is 48.4 Å². The van der Waals surface area contributed by atoms with Gasteiger partial charge in [0.05, 0.1) is 31.9 Å². The van der Waals surface area contributed by atoms with E-state index >= 15 is 0 Å². The molecule has 104 valence electrons. The molecule has 0 N–H and O–H groups in total. The third-order valence-corrected chi connectivity index (χ3v) is 3.46. The molecule has 1 heterocycles. The SMILES string of the molecule is COC(=O)C1CCC(OCc2cncc(F)c2)CC1. The minimum atomic E-state index is -0.351. The van der Waals surface area contributed by atoms with Gasteiger partial charge in [0.2, 0.25) is 0 Å². The van der Waals surface area contributed by atoms with Crippen molar-refractivity contribution in [2.45, 2.75) is 38.4 Å². The molecule has 0 aromatic carbocycles. The van der Waals surface area contributed by atoms with Crippen molar-refractivity contribution in [3.8, 4) is 0 Å². The molecule has 0 bridgehead atoms. The molecule has 1 fully saturated rings. The fourth-order valence-corrected chi connectivity index (χ4v) is 2.38. The number of hydrogen-bond donors (Lipinski definition) is 0. The number of methoxy groups -OCH3 is 1. The summed E-state index contributed by atoms with van der Waals surface area (Å²) in [5.41, 5.74) is 0.732. The monoisotopic (exact) mass is 267 g/mol. The van der Waals surface area contributed by atoms with E-state index in [2.05, 4.69) is 4.98 Å². The van der Waals surface area contributed by atoms with Crippen LogP contribution in [0.3, 0.4) is 0 Å². The van der Waals surface area contributed by atoms with Crippen molar-refractivity contribution < 1.29 is 18.7 Å². The van der Waals surface area contributed by atoms with Crippen LogP contribution in [0, 0.1) is 11.7 Å². The maximum absolute atomic E-state index is 12.9. The summed E-state index contributed by atoms with van der Waals surface area (Å²) in [5.74, 6) is -0.482. The number of rotatable bonds is 4. The van der Waals surface area contributed by atoms with Crippen molar-refractivity contribution in [2.24, 2.45) is 5.92 Å². The lowest BCUT2D eigenvalue weighted by Crippen LogP contribution is -2.26. The normalized spacial score (nSPS) is 23.1. The smallest absolute Gasteiger partial charge is 0.308 e. The van der Waals surface area contributed by atoms with Gasteiger partial charge in [0.1, 0.15) is 5.82 Å². The quantitative estimate of drug-likeness (QED) is 0.786. The highest BCUT2D eigenvalue weighted by Gasteiger charge is 2.27. The molecule has 0 atom stereocenters. The van der Waals surface area contributed by atoms with Gasteiger partial charge >= 0.3 is 5.97 Å². The molecule has 1 saturated carbocycles. The van der Waals surface area contributed by atoms with Crippen LogP contribution in [-0.2, 0) is 20.9 Å². The zero-order valence-corrected chi connectivity index (χ0v) is 11.0. The van der Waals surface area contributed by atoms with Gasteiger partial charge < -0.3 is 9.47 Å². The fraction of sp³-hybridized carbons (Fsp3) is 0.571. The van der Waals surface area contributed by atoms with Crippen LogP contribution >= 0.6 is 0 Å². The summed E-state index contributed by atoms with van der Waals surface area (Å²) in [7, 11) is 1.42. The predicted molar refractivity (Wildman–Crippen MR) is 66.7 cm³/mol. The summed E-state index contributed by atoms with van der Waals surface area (Å²) in [6, 6.07) is 1.42.